The van der Waals surface area contributed by atoms with E-state index < -0.39 is 10.0 Å². The fraction of sp³-hybridized carbons (Fsp3) is 0.368. The Morgan fingerprint density at radius 2 is 1.67 bits per heavy atom. The molecule has 2 aromatic carbocycles. The first-order valence-electron chi connectivity index (χ1n) is 8.32. The SMILES string of the molecule is Cc1cc(S(=O)(=O)N[C@H]2CC[C@H](O)CC2)ccc1-c1ccccc1. The topological polar surface area (TPSA) is 66.4 Å². The average molecular weight is 345 g/mol. The van der Waals surface area contributed by atoms with Crippen molar-refractivity contribution >= 4 is 10.0 Å². The van der Waals surface area contributed by atoms with Crippen LogP contribution in [0.2, 0.25) is 0 Å². The number of aliphatic hydroxyl groups is 1. The monoisotopic (exact) mass is 345 g/mol. The van der Waals surface area contributed by atoms with Crippen LogP contribution in [0.3, 0.4) is 0 Å². The minimum atomic E-state index is -3.53. The van der Waals surface area contributed by atoms with Crippen molar-refractivity contribution in [2.45, 2.75) is 49.6 Å². The van der Waals surface area contributed by atoms with Gasteiger partial charge in [-0.25, -0.2) is 13.1 Å². The molecule has 128 valence electrons. The molecule has 0 aliphatic heterocycles. The zero-order valence-electron chi connectivity index (χ0n) is 13.8. The number of hydrogen-bond donors (Lipinski definition) is 2. The molecule has 3 rings (SSSR count). The number of aryl methyl sites for hydroxylation is 1. The third-order valence-electron chi connectivity index (χ3n) is 4.61. The molecule has 1 aliphatic rings. The van der Waals surface area contributed by atoms with Gasteiger partial charge in [0, 0.05) is 6.04 Å². The first-order valence-corrected chi connectivity index (χ1v) is 9.80. The van der Waals surface area contributed by atoms with Crippen molar-refractivity contribution in [2.75, 3.05) is 0 Å². The molecule has 0 saturated heterocycles. The normalized spacial score (nSPS) is 21.6. The Hall–Kier alpha value is -1.69. The molecule has 0 atom stereocenters. The van der Waals surface area contributed by atoms with Gasteiger partial charge >= 0.3 is 0 Å². The molecule has 5 heteroatoms. The number of rotatable bonds is 4. The lowest BCUT2D eigenvalue weighted by molar-refractivity contribution is 0.120. The predicted octanol–water partition coefficient (Wildman–Crippen LogP) is 3.24. The van der Waals surface area contributed by atoms with E-state index in [0.29, 0.717) is 30.6 Å². The number of nitrogens with one attached hydrogen (secondary N) is 1. The molecule has 1 saturated carbocycles. The molecule has 2 N–H and O–H groups in total. The lowest BCUT2D eigenvalue weighted by Crippen LogP contribution is -2.38. The van der Waals surface area contributed by atoms with E-state index in [1.165, 1.54) is 0 Å². The molecule has 1 aliphatic carbocycles. The summed E-state index contributed by atoms with van der Waals surface area (Å²) < 4.78 is 28.0. The summed E-state index contributed by atoms with van der Waals surface area (Å²) in [5.41, 5.74) is 3.05. The standard InChI is InChI=1S/C19H23NO3S/c1-14-13-18(11-12-19(14)15-5-3-2-4-6-15)24(22,23)20-16-7-9-17(21)10-8-16/h2-6,11-13,16-17,20-21H,7-10H2,1H3/t16-,17-. The van der Waals surface area contributed by atoms with Crippen molar-refractivity contribution in [3.8, 4) is 11.1 Å². The van der Waals surface area contributed by atoms with E-state index in [-0.39, 0.29) is 12.1 Å². The first-order chi connectivity index (χ1) is 11.5. The Kier molecular flexibility index (Phi) is 5.04. The fourth-order valence-corrected chi connectivity index (χ4v) is 4.62. The summed E-state index contributed by atoms with van der Waals surface area (Å²) in [5, 5.41) is 9.54. The molecular formula is C19H23NO3S. The summed E-state index contributed by atoms with van der Waals surface area (Å²) in [5.74, 6) is 0. The summed E-state index contributed by atoms with van der Waals surface area (Å²) in [4.78, 5) is 0.297. The van der Waals surface area contributed by atoms with Gasteiger partial charge in [-0.1, -0.05) is 36.4 Å². The van der Waals surface area contributed by atoms with Gasteiger partial charge in [0.25, 0.3) is 0 Å². The summed E-state index contributed by atoms with van der Waals surface area (Å²) >= 11 is 0. The van der Waals surface area contributed by atoms with Gasteiger partial charge in [0.2, 0.25) is 10.0 Å². The Morgan fingerprint density at radius 1 is 1.00 bits per heavy atom. The molecule has 0 unspecified atom stereocenters. The third-order valence-corrected chi connectivity index (χ3v) is 6.13. The lowest BCUT2D eigenvalue weighted by atomic mass is 9.94. The number of hydrogen-bond acceptors (Lipinski definition) is 3. The van der Waals surface area contributed by atoms with Crippen molar-refractivity contribution in [1.29, 1.82) is 0 Å². The van der Waals surface area contributed by atoms with Crippen LogP contribution in [0.15, 0.2) is 53.4 Å². The van der Waals surface area contributed by atoms with Gasteiger partial charge in [0.15, 0.2) is 0 Å². The predicted molar refractivity (Wildman–Crippen MR) is 95.2 cm³/mol. The van der Waals surface area contributed by atoms with Gasteiger partial charge in [-0.2, -0.15) is 0 Å². The van der Waals surface area contributed by atoms with Crippen molar-refractivity contribution in [3.63, 3.8) is 0 Å². The van der Waals surface area contributed by atoms with Crippen molar-refractivity contribution < 1.29 is 13.5 Å². The Bertz CT molecular complexity index is 795. The smallest absolute Gasteiger partial charge is 0.240 e. The highest BCUT2D eigenvalue weighted by Crippen LogP contribution is 2.26. The van der Waals surface area contributed by atoms with Crippen LogP contribution in [0, 0.1) is 6.92 Å². The largest absolute Gasteiger partial charge is 0.393 e. The second kappa shape index (κ2) is 7.05. The van der Waals surface area contributed by atoms with E-state index in [0.717, 1.165) is 16.7 Å². The summed E-state index contributed by atoms with van der Waals surface area (Å²) in [6.07, 6.45) is 2.37. The van der Waals surface area contributed by atoms with Crippen molar-refractivity contribution in [2.24, 2.45) is 0 Å². The zero-order chi connectivity index (χ0) is 17.2. The van der Waals surface area contributed by atoms with Gasteiger partial charge in [-0.3, -0.25) is 0 Å². The van der Waals surface area contributed by atoms with Crippen LogP contribution >= 0.6 is 0 Å². The average Bonchev–Trinajstić information content (AvgIpc) is 2.57. The maximum absolute atomic E-state index is 12.6. The number of sulfonamides is 1. The first kappa shape index (κ1) is 17.1. The zero-order valence-corrected chi connectivity index (χ0v) is 14.6. The van der Waals surface area contributed by atoms with E-state index in [1.807, 2.05) is 43.3 Å². The third kappa shape index (κ3) is 3.86. The molecule has 0 heterocycles. The van der Waals surface area contributed by atoms with E-state index in [1.54, 1.807) is 12.1 Å². The summed E-state index contributed by atoms with van der Waals surface area (Å²) in [7, 11) is -3.53. The molecule has 4 nitrogen and oxygen atoms in total. The van der Waals surface area contributed by atoms with Gasteiger partial charge in [-0.15, -0.1) is 0 Å². The highest BCUT2D eigenvalue weighted by Gasteiger charge is 2.25. The molecule has 0 radical (unpaired) electrons. The maximum Gasteiger partial charge on any atom is 0.240 e. The van der Waals surface area contributed by atoms with E-state index in [2.05, 4.69) is 4.72 Å². The van der Waals surface area contributed by atoms with Crippen molar-refractivity contribution in [3.05, 3.63) is 54.1 Å². The Balaban J connectivity index is 1.80. The maximum atomic E-state index is 12.6. The second-order valence-electron chi connectivity index (χ2n) is 6.47. The molecular weight excluding hydrogens is 322 g/mol. The van der Waals surface area contributed by atoms with Crippen molar-refractivity contribution in [1.82, 2.24) is 4.72 Å². The van der Waals surface area contributed by atoms with Crippen LogP contribution in [0.25, 0.3) is 11.1 Å². The van der Waals surface area contributed by atoms with E-state index in [9.17, 15) is 13.5 Å². The molecule has 0 amide bonds. The molecule has 0 bridgehead atoms. The highest BCUT2D eigenvalue weighted by atomic mass is 32.2. The molecule has 0 spiro atoms. The minimum Gasteiger partial charge on any atom is -0.393 e. The molecule has 1 fully saturated rings. The highest BCUT2D eigenvalue weighted by molar-refractivity contribution is 7.89. The van der Waals surface area contributed by atoms with Crippen LogP contribution in [-0.4, -0.2) is 25.7 Å². The van der Waals surface area contributed by atoms with Crippen LogP contribution < -0.4 is 4.72 Å². The van der Waals surface area contributed by atoms with Crippen LogP contribution in [0.5, 0.6) is 0 Å². The summed E-state index contributed by atoms with van der Waals surface area (Å²) in [6, 6.07) is 15.1. The lowest BCUT2D eigenvalue weighted by Gasteiger charge is -2.26. The number of benzene rings is 2. The quantitative estimate of drug-likeness (QED) is 0.894. The van der Waals surface area contributed by atoms with Gasteiger partial charge in [0.05, 0.1) is 11.0 Å². The molecule has 24 heavy (non-hydrogen) atoms. The molecule has 2 aromatic rings. The Labute approximate surface area is 143 Å². The van der Waals surface area contributed by atoms with Crippen LogP contribution in [-0.2, 0) is 10.0 Å². The van der Waals surface area contributed by atoms with Gasteiger partial charge in [0.1, 0.15) is 0 Å². The van der Waals surface area contributed by atoms with E-state index >= 15 is 0 Å². The van der Waals surface area contributed by atoms with Gasteiger partial charge in [-0.05, 0) is 61.4 Å². The molecule has 0 aromatic heterocycles. The Morgan fingerprint density at radius 3 is 2.29 bits per heavy atom. The minimum absolute atomic E-state index is 0.0903. The van der Waals surface area contributed by atoms with E-state index in [4.69, 9.17) is 0 Å². The fourth-order valence-electron chi connectivity index (χ4n) is 3.23. The van der Waals surface area contributed by atoms with Gasteiger partial charge < -0.3 is 5.11 Å². The summed E-state index contributed by atoms with van der Waals surface area (Å²) in [6.45, 7) is 1.93. The number of aliphatic hydroxyl groups excluding tert-OH is 1. The second-order valence-corrected chi connectivity index (χ2v) is 8.18. The van der Waals surface area contributed by atoms with Crippen LogP contribution in [0.4, 0.5) is 0 Å². The van der Waals surface area contributed by atoms with Crippen LogP contribution in [0.1, 0.15) is 31.2 Å².